The minimum absolute atomic E-state index is 0.303. The van der Waals surface area contributed by atoms with Crippen molar-refractivity contribution in [2.75, 3.05) is 20.3 Å². The molecule has 0 spiro atoms. The van der Waals surface area contributed by atoms with Crippen molar-refractivity contribution in [2.45, 2.75) is 18.6 Å². The summed E-state index contributed by atoms with van der Waals surface area (Å²) in [6, 6.07) is 0.303. The fourth-order valence-corrected chi connectivity index (χ4v) is 1.11. The molecular formula is C6H12NO2. The van der Waals surface area contributed by atoms with Gasteiger partial charge in [0, 0.05) is 19.7 Å². The lowest BCUT2D eigenvalue weighted by Crippen LogP contribution is -2.25. The second-order valence-corrected chi connectivity index (χ2v) is 2.42. The van der Waals surface area contributed by atoms with Gasteiger partial charge in [0.1, 0.15) is 6.10 Å². The standard InChI is InChI=1S/C6H12NO2/c1-9-4-5-2-6(8)3-7-5/h5-7H,2-4H2,1H3/t5-,6-/m0/s1. The highest BCUT2D eigenvalue weighted by atomic mass is 16.5. The summed E-state index contributed by atoms with van der Waals surface area (Å²) >= 11 is 0. The average molecular weight is 130 g/mol. The van der Waals surface area contributed by atoms with Crippen molar-refractivity contribution in [3.05, 3.63) is 0 Å². The highest BCUT2D eigenvalue weighted by Crippen LogP contribution is 2.05. The minimum atomic E-state index is -0.412. The van der Waals surface area contributed by atoms with Crippen LogP contribution in [0.2, 0.25) is 0 Å². The fourth-order valence-electron chi connectivity index (χ4n) is 1.11. The van der Waals surface area contributed by atoms with Gasteiger partial charge in [0.2, 0.25) is 0 Å². The highest BCUT2D eigenvalue weighted by Gasteiger charge is 2.22. The van der Waals surface area contributed by atoms with Gasteiger partial charge in [-0.3, -0.25) is 0 Å². The van der Waals surface area contributed by atoms with Crippen LogP contribution in [0.25, 0.3) is 0 Å². The number of hydrogen-bond acceptors (Lipinski definition) is 2. The van der Waals surface area contributed by atoms with Crippen LogP contribution in [0.3, 0.4) is 0 Å². The van der Waals surface area contributed by atoms with Crippen molar-refractivity contribution in [3.8, 4) is 0 Å². The molecule has 3 heteroatoms. The first-order valence-corrected chi connectivity index (χ1v) is 3.21. The molecule has 0 bridgehead atoms. The molecule has 0 saturated carbocycles. The zero-order chi connectivity index (χ0) is 6.69. The first-order valence-electron chi connectivity index (χ1n) is 3.21. The maximum absolute atomic E-state index is 10.7. The lowest BCUT2D eigenvalue weighted by atomic mass is 10.2. The predicted molar refractivity (Wildman–Crippen MR) is 32.8 cm³/mol. The van der Waals surface area contributed by atoms with Crippen LogP contribution in [0.15, 0.2) is 0 Å². The molecule has 1 aliphatic rings. The predicted octanol–water partition coefficient (Wildman–Crippen LogP) is -0.206. The van der Waals surface area contributed by atoms with E-state index >= 15 is 0 Å². The van der Waals surface area contributed by atoms with E-state index in [4.69, 9.17) is 4.74 Å². The maximum Gasteiger partial charge on any atom is 0.107 e. The Labute approximate surface area is 55.0 Å². The number of hydrogen-bond donors (Lipinski definition) is 1. The zero-order valence-corrected chi connectivity index (χ0v) is 5.59. The van der Waals surface area contributed by atoms with E-state index in [2.05, 4.69) is 5.32 Å². The second kappa shape index (κ2) is 3.15. The Morgan fingerprint density at radius 1 is 1.78 bits per heavy atom. The van der Waals surface area contributed by atoms with Gasteiger partial charge in [0.25, 0.3) is 0 Å². The van der Waals surface area contributed by atoms with Gasteiger partial charge in [-0.25, -0.2) is 5.11 Å². The van der Waals surface area contributed by atoms with Gasteiger partial charge in [-0.15, -0.1) is 0 Å². The first kappa shape index (κ1) is 6.99. The summed E-state index contributed by atoms with van der Waals surface area (Å²) in [5.74, 6) is 0. The lowest BCUT2D eigenvalue weighted by molar-refractivity contribution is 0.0985. The Bertz CT molecular complexity index is 85.1. The quantitative estimate of drug-likeness (QED) is 0.562. The third kappa shape index (κ3) is 1.93. The number of nitrogens with one attached hydrogen (secondary N) is 1. The van der Waals surface area contributed by atoms with Crippen molar-refractivity contribution in [1.29, 1.82) is 0 Å². The van der Waals surface area contributed by atoms with Gasteiger partial charge >= 0.3 is 0 Å². The second-order valence-electron chi connectivity index (χ2n) is 2.42. The molecule has 1 rings (SSSR count). The SMILES string of the molecule is COC[C@@H]1C[C@H]([O])CN1. The molecular weight excluding hydrogens is 118 g/mol. The highest BCUT2D eigenvalue weighted by molar-refractivity contribution is 4.80. The molecule has 0 aromatic heterocycles. The van der Waals surface area contributed by atoms with Crippen LogP contribution in [0.5, 0.6) is 0 Å². The van der Waals surface area contributed by atoms with Crippen molar-refractivity contribution in [2.24, 2.45) is 0 Å². The largest absolute Gasteiger partial charge is 0.383 e. The first-order chi connectivity index (χ1) is 4.33. The summed E-state index contributed by atoms with van der Waals surface area (Å²) in [7, 11) is 1.65. The van der Waals surface area contributed by atoms with Crippen LogP contribution in [0.1, 0.15) is 6.42 Å². The van der Waals surface area contributed by atoms with Crippen LogP contribution in [0, 0.1) is 0 Å². The molecule has 0 aliphatic carbocycles. The fraction of sp³-hybridized carbons (Fsp3) is 1.00. The van der Waals surface area contributed by atoms with Gasteiger partial charge in [0.05, 0.1) is 6.61 Å². The molecule has 0 aromatic carbocycles. The minimum Gasteiger partial charge on any atom is -0.383 e. The zero-order valence-electron chi connectivity index (χ0n) is 5.59. The molecule has 1 fully saturated rings. The Balaban J connectivity index is 2.14. The summed E-state index contributed by atoms with van der Waals surface area (Å²) in [6.45, 7) is 1.27. The summed E-state index contributed by atoms with van der Waals surface area (Å²) in [4.78, 5) is 0. The third-order valence-corrected chi connectivity index (χ3v) is 1.55. The number of rotatable bonds is 2. The van der Waals surface area contributed by atoms with E-state index in [1.165, 1.54) is 0 Å². The lowest BCUT2D eigenvalue weighted by Gasteiger charge is -2.05. The number of ether oxygens (including phenoxy) is 1. The summed E-state index contributed by atoms with van der Waals surface area (Å²) in [6.07, 6.45) is 0.304. The van der Waals surface area contributed by atoms with Gasteiger partial charge in [-0.1, -0.05) is 0 Å². The number of methoxy groups -OCH3 is 1. The van der Waals surface area contributed by atoms with Gasteiger partial charge in [0.15, 0.2) is 0 Å². The van der Waals surface area contributed by atoms with E-state index in [0.717, 1.165) is 0 Å². The molecule has 0 amide bonds. The van der Waals surface area contributed by atoms with Crippen LogP contribution >= 0.6 is 0 Å². The smallest absolute Gasteiger partial charge is 0.107 e. The summed E-state index contributed by atoms with van der Waals surface area (Å²) < 4.78 is 4.87. The Kier molecular flexibility index (Phi) is 2.45. The molecule has 9 heavy (non-hydrogen) atoms. The molecule has 0 unspecified atom stereocenters. The van der Waals surface area contributed by atoms with E-state index in [-0.39, 0.29) is 0 Å². The Morgan fingerprint density at radius 2 is 2.56 bits per heavy atom. The summed E-state index contributed by atoms with van der Waals surface area (Å²) in [5.41, 5.74) is 0. The van der Waals surface area contributed by atoms with Crippen molar-refractivity contribution >= 4 is 0 Å². The van der Waals surface area contributed by atoms with Crippen molar-refractivity contribution in [3.63, 3.8) is 0 Å². The molecule has 0 aromatic rings. The van der Waals surface area contributed by atoms with Gasteiger partial charge in [-0.05, 0) is 6.42 Å². The molecule has 1 aliphatic heterocycles. The van der Waals surface area contributed by atoms with Gasteiger partial charge in [-0.2, -0.15) is 0 Å². The third-order valence-electron chi connectivity index (χ3n) is 1.55. The normalized spacial score (nSPS) is 35.3. The summed E-state index contributed by atoms with van der Waals surface area (Å²) in [5, 5.41) is 13.8. The molecule has 53 valence electrons. The molecule has 3 nitrogen and oxygen atoms in total. The van der Waals surface area contributed by atoms with E-state index in [1.807, 2.05) is 0 Å². The van der Waals surface area contributed by atoms with E-state index in [1.54, 1.807) is 7.11 Å². The maximum atomic E-state index is 10.7. The van der Waals surface area contributed by atoms with Crippen LogP contribution in [-0.2, 0) is 9.84 Å². The van der Waals surface area contributed by atoms with E-state index in [0.29, 0.717) is 25.6 Å². The van der Waals surface area contributed by atoms with E-state index in [9.17, 15) is 5.11 Å². The molecule has 1 heterocycles. The van der Waals surface area contributed by atoms with Crippen molar-refractivity contribution in [1.82, 2.24) is 5.32 Å². The molecule has 2 atom stereocenters. The van der Waals surface area contributed by atoms with Crippen LogP contribution in [-0.4, -0.2) is 32.4 Å². The Morgan fingerprint density at radius 3 is 3.00 bits per heavy atom. The molecule has 1 saturated heterocycles. The van der Waals surface area contributed by atoms with Crippen LogP contribution < -0.4 is 5.32 Å². The monoisotopic (exact) mass is 130 g/mol. The van der Waals surface area contributed by atoms with Crippen LogP contribution in [0.4, 0.5) is 0 Å². The van der Waals surface area contributed by atoms with E-state index < -0.39 is 6.10 Å². The Hall–Kier alpha value is -0.120. The van der Waals surface area contributed by atoms with Gasteiger partial charge < -0.3 is 10.1 Å². The topological polar surface area (TPSA) is 41.2 Å². The molecule has 1 radical (unpaired) electrons. The average Bonchev–Trinajstić information content (AvgIpc) is 2.17. The molecule has 1 N–H and O–H groups in total. The van der Waals surface area contributed by atoms with Crippen molar-refractivity contribution < 1.29 is 9.84 Å².